The molecule has 1 aromatic rings. The zero-order valence-corrected chi connectivity index (χ0v) is 15.2. The molecule has 1 N–H and O–H groups in total. The molecule has 4 bridgehead atoms. The Kier molecular flexibility index (Phi) is 5.33. The second kappa shape index (κ2) is 7.30. The standard InChI is InChI=1S/C19H27N3O.ClH/c1-22(7-5-17-4-2-3-6-20-17)19(23)21-18-15-9-13-8-14(11-15)12-16(18)10-13;/h2-4,6,13-16,18H,5,7-12H2,1H3,(H,21,23);1H. The minimum atomic E-state index is 0. The summed E-state index contributed by atoms with van der Waals surface area (Å²) in [6.45, 7) is 0.718. The molecule has 0 radical (unpaired) electrons. The summed E-state index contributed by atoms with van der Waals surface area (Å²) in [5.74, 6) is 3.37. The zero-order valence-electron chi connectivity index (χ0n) is 14.4. The summed E-state index contributed by atoms with van der Waals surface area (Å²) in [7, 11) is 1.90. The maximum absolute atomic E-state index is 12.6. The minimum Gasteiger partial charge on any atom is -0.335 e. The third kappa shape index (κ3) is 3.53. The van der Waals surface area contributed by atoms with Gasteiger partial charge in [-0.1, -0.05) is 6.07 Å². The molecule has 0 saturated heterocycles. The number of amides is 2. The summed E-state index contributed by atoms with van der Waals surface area (Å²) in [6, 6.07) is 6.46. The van der Waals surface area contributed by atoms with E-state index >= 15 is 0 Å². The van der Waals surface area contributed by atoms with Crippen molar-refractivity contribution in [2.45, 2.75) is 44.6 Å². The van der Waals surface area contributed by atoms with Gasteiger partial charge in [-0.25, -0.2) is 4.79 Å². The number of hydrogen-bond donors (Lipinski definition) is 1. The van der Waals surface area contributed by atoms with Crippen LogP contribution in [0.3, 0.4) is 0 Å². The first-order chi connectivity index (χ1) is 11.2. The van der Waals surface area contributed by atoms with Crippen LogP contribution in [0.4, 0.5) is 4.79 Å². The topological polar surface area (TPSA) is 45.2 Å². The lowest BCUT2D eigenvalue weighted by Gasteiger charge is -2.54. The van der Waals surface area contributed by atoms with Crippen molar-refractivity contribution in [3.8, 4) is 0 Å². The second-order valence-corrected chi connectivity index (χ2v) is 7.90. The van der Waals surface area contributed by atoms with Crippen LogP contribution in [0.25, 0.3) is 0 Å². The molecule has 24 heavy (non-hydrogen) atoms. The summed E-state index contributed by atoms with van der Waals surface area (Å²) in [5, 5.41) is 3.36. The first-order valence-electron chi connectivity index (χ1n) is 9.10. The highest BCUT2D eigenvalue weighted by atomic mass is 35.5. The molecule has 5 heteroatoms. The summed E-state index contributed by atoms with van der Waals surface area (Å²) in [4.78, 5) is 18.7. The van der Waals surface area contributed by atoms with Gasteiger partial charge in [0.25, 0.3) is 0 Å². The molecular weight excluding hydrogens is 322 g/mol. The number of halogens is 1. The highest BCUT2D eigenvalue weighted by Gasteiger charge is 2.48. The van der Waals surface area contributed by atoms with E-state index in [-0.39, 0.29) is 18.4 Å². The lowest BCUT2D eigenvalue weighted by molar-refractivity contribution is -0.0107. The quantitative estimate of drug-likeness (QED) is 0.904. The van der Waals surface area contributed by atoms with Gasteiger partial charge in [0, 0.05) is 37.9 Å². The molecule has 4 aliphatic carbocycles. The molecule has 1 heterocycles. The van der Waals surface area contributed by atoms with Crippen molar-refractivity contribution >= 4 is 18.4 Å². The zero-order chi connectivity index (χ0) is 15.8. The van der Waals surface area contributed by atoms with Crippen molar-refractivity contribution in [1.82, 2.24) is 15.2 Å². The van der Waals surface area contributed by atoms with Gasteiger partial charge in [-0.2, -0.15) is 0 Å². The second-order valence-electron chi connectivity index (χ2n) is 7.90. The van der Waals surface area contributed by atoms with Gasteiger partial charge in [-0.05, 0) is 67.9 Å². The predicted octanol–water partition coefficient (Wildman–Crippen LogP) is 3.51. The number of rotatable bonds is 4. The van der Waals surface area contributed by atoms with Crippen LogP contribution in [0.2, 0.25) is 0 Å². The number of aromatic nitrogens is 1. The van der Waals surface area contributed by atoms with E-state index in [1.54, 1.807) is 0 Å². The van der Waals surface area contributed by atoms with E-state index in [1.807, 2.05) is 36.3 Å². The first-order valence-corrected chi connectivity index (χ1v) is 9.10. The molecule has 0 spiro atoms. The number of nitrogens with one attached hydrogen (secondary N) is 1. The van der Waals surface area contributed by atoms with Gasteiger partial charge in [-0.15, -0.1) is 12.4 Å². The molecule has 4 saturated carbocycles. The van der Waals surface area contributed by atoms with Gasteiger partial charge in [-0.3, -0.25) is 4.98 Å². The van der Waals surface area contributed by atoms with Gasteiger partial charge in [0.15, 0.2) is 0 Å². The van der Waals surface area contributed by atoms with Crippen LogP contribution < -0.4 is 5.32 Å². The summed E-state index contributed by atoms with van der Waals surface area (Å²) < 4.78 is 0. The average Bonchev–Trinajstić information content (AvgIpc) is 2.56. The summed E-state index contributed by atoms with van der Waals surface area (Å²) >= 11 is 0. The Balaban J connectivity index is 0.00000169. The SMILES string of the molecule is CN(CCc1ccccn1)C(=O)NC1C2CC3CC(C2)CC1C3.Cl. The lowest BCUT2D eigenvalue weighted by atomic mass is 9.54. The molecule has 0 aromatic carbocycles. The van der Waals surface area contributed by atoms with E-state index in [2.05, 4.69) is 10.3 Å². The third-order valence-electron chi connectivity index (χ3n) is 6.29. The fraction of sp³-hybridized carbons (Fsp3) is 0.684. The fourth-order valence-electron chi connectivity index (χ4n) is 5.34. The number of likely N-dealkylation sites (N-methyl/N-ethyl adjacent to an activating group) is 1. The number of urea groups is 1. The number of carbonyl (C=O) groups excluding carboxylic acids is 1. The van der Waals surface area contributed by atoms with Crippen molar-refractivity contribution in [3.63, 3.8) is 0 Å². The molecule has 0 aliphatic heterocycles. The van der Waals surface area contributed by atoms with E-state index in [0.29, 0.717) is 6.04 Å². The van der Waals surface area contributed by atoms with Crippen LogP contribution in [0, 0.1) is 23.7 Å². The van der Waals surface area contributed by atoms with Crippen molar-refractivity contribution < 1.29 is 4.79 Å². The van der Waals surface area contributed by atoms with Crippen LogP contribution in [-0.4, -0.2) is 35.5 Å². The molecule has 0 unspecified atom stereocenters. The van der Waals surface area contributed by atoms with Crippen LogP contribution in [0.5, 0.6) is 0 Å². The van der Waals surface area contributed by atoms with E-state index in [9.17, 15) is 4.79 Å². The fourth-order valence-corrected chi connectivity index (χ4v) is 5.34. The summed E-state index contributed by atoms with van der Waals surface area (Å²) in [6.07, 6.45) is 9.45. The lowest BCUT2D eigenvalue weighted by Crippen LogP contribution is -2.57. The van der Waals surface area contributed by atoms with Gasteiger partial charge < -0.3 is 10.2 Å². The average molecular weight is 350 g/mol. The highest BCUT2D eigenvalue weighted by Crippen LogP contribution is 2.53. The highest BCUT2D eigenvalue weighted by molar-refractivity contribution is 5.85. The molecule has 0 atom stereocenters. The van der Waals surface area contributed by atoms with Crippen LogP contribution >= 0.6 is 12.4 Å². The van der Waals surface area contributed by atoms with Crippen molar-refractivity contribution in [3.05, 3.63) is 30.1 Å². The van der Waals surface area contributed by atoms with Gasteiger partial charge >= 0.3 is 6.03 Å². The Morgan fingerprint density at radius 2 is 1.83 bits per heavy atom. The maximum atomic E-state index is 12.6. The largest absolute Gasteiger partial charge is 0.335 e. The number of hydrogen-bond acceptors (Lipinski definition) is 2. The monoisotopic (exact) mass is 349 g/mol. The molecule has 132 valence electrons. The van der Waals surface area contributed by atoms with Crippen molar-refractivity contribution in [2.75, 3.05) is 13.6 Å². The number of nitrogens with zero attached hydrogens (tertiary/aromatic N) is 2. The molecule has 2 amide bonds. The van der Waals surface area contributed by atoms with Crippen molar-refractivity contribution in [1.29, 1.82) is 0 Å². The predicted molar refractivity (Wildman–Crippen MR) is 97.2 cm³/mol. The maximum Gasteiger partial charge on any atom is 0.317 e. The van der Waals surface area contributed by atoms with E-state index in [0.717, 1.165) is 42.3 Å². The van der Waals surface area contributed by atoms with E-state index < -0.39 is 0 Å². The van der Waals surface area contributed by atoms with Gasteiger partial charge in [0.05, 0.1) is 0 Å². The molecule has 4 fully saturated rings. The Bertz CT molecular complexity index is 537. The van der Waals surface area contributed by atoms with Crippen LogP contribution in [0.15, 0.2) is 24.4 Å². The molecule has 4 nitrogen and oxygen atoms in total. The minimum absolute atomic E-state index is 0. The van der Waals surface area contributed by atoms with Gasteiger partial charge in [0.1, 0.15) is 0 Å². The van der Waals surface area contributed by atoms with E-state index in [4.69, 9.17) is 0 Å². The normalized spacial score (nSPS) is 33.0. The first kappa shape index (κ1) is 17.5. The molecule has 4 aliphatic rings. The van der Waals surface area contributed by atoms with Gasteiger partial charge in [0.2, 0.25) is 0 Å². The van der Waals surface area contributed by atoms with Crippen LogP contribution in [0.1, 0.15) is 37.8 Å². The molecular formula is C19H28ClN3O. The Hall–Kier alpha value is -1.29. The Labute approximate surface area is 150 Å². The third-order valence-corrected chi connectivity index (χ3v) is 6.29. The number of carbonyl (C=O) groups is 1. The number of pyridine rings is 1. The van der Waals surface area contributed by atoms with Crippen molar-refractivity contribution in [2.24, 2.45) is 23.7 Å². The smallest absolute Gasteiger partial charge is 0.317 e. The Morgan fingerprint density at radius 1 is 1.17 bits per heavy atom. The van der Waals surface area contributed by atoms with Crippen LogP contribution in [-0.2, 0) is 6.42 Å². The Morgan fingerprint density at radius 3 is 2.42 bits per heavy atom. The molecule has 1 aromatic heterocycles. The molecule has 5 rings (SSSR count). The summed E-state index contributed by atoms with van der Waals surface area (Å²) in [5.41, 5.74) is 1.04. The van der Waals surface area contributed by atoms with E-state index in [1.165, 1.54) is 32.1 Å².